The van der Waals surface area contributed by atoms with E-state index >= 15 is 0 Å². The van der Waals surface area contributed by atoms with E-state index < -0.39 is 4.92 Å². The van der Waals surface area contributed by atoms with E-state index in [9.17, 15) is 10.1 Å². The molecule has 2 heterocycles. The molecule has 1 saturated heterocycles. The number of piperidine rings is 1. The highest BCUT2D eigenvalue weighted by Crippen LogP contribution is 2.29. The first-order valence-corrected chi connectivity index (χ1v) is 6.13. The molecule has 100 valence electrons. The lowest BCUT2D eigenvalue weighted by atomic mass is 9.81. The Morgan fingerprint density at radius 2 is 2.28 bits per heavy atom. The van der Waals surface area contributed by atoms with Crippen LogP contribution in [0.3, 0.4) is 0 Å². The molecule has 1 aromatic rings. The fraction of sp³-hybridized carbons (Fsp3) is 0.727. The van der Waals surface area contributed by atoms with Gasteiger partial charge >= 0.3 is 5.69 Å². The van der Waals surface area contributed by atoms with Crippen molar-refractivity contribution in [2.24, 2.45) is 12.5 Å². The number of anilines is 1. The summed E-state index contributed by atoms with van der Waals surface area (Å²) in [7, 11) is 1.68. The summed E-state index contributed by atoms with van der Waals surface area (Å²) in [5.41, 5.74) is 0.214. The van der Waals surface area contributed by atoms with Crippen molar-refractivity contribution in [3.05, 3.63) is 16.3 Å². The Balaban J connectivity index is 2.03. The molecule has 0 bridgehead atoms. The van der Waals surface area contributed by atoms with Crippen LogP contribution in [0.5, 0.6) is 0 Å². The number of nitro groups is 1. The normalized spacial score (nSPS) is 18.6. The maximum atomic E-state index is 10.9. The Hall–Kier alpha value is -1.63. The maximum absolute atomic E-state index is 10.9. The van der Waals surface area contributed by atoms with E-state index in [1.807, 2.05) is 0 Å². The molecule has 0 aliphatic carbocycles. The van der Waals surface area contributed by atoms with Gasteiger partial charge < -0.3 is 10.6 Å². The number of rotatable bonds is 4. The quantitative estimate of drug-likeness (QED) is 0.620. The molecule has 7 heteroatoms. The predicted molar refractivity (Wildman–Crippen MR) is 68.6 cm³/mol. The first-order chi connectivity index (χ1) is 8.50. The minimum atomic E-state index is -0.403. The van der Waals surface area contributed by atoms with Crippen LogP contribution >= 0.6 is 0 Å². The van der Waals surface area contributed by atoms with Gasteiger partial charge in [0.05, 0.1) is 4.92 Å². The molecule has 0 saturated carbocycles. The Bertz CT molecular complexity index is 437. The molecule has 18 heavy (non-hydrogen) atoms. The van der Waals surface area contributed by atoms with Crippen molar-refractivity contribution < 1.29 is 4.92 Å². The van der Waals surface area contributed by atoms with E-state index in [0.717, 1.165) is 25.9 Å². The van der Waals surface area contributed by atoms with Gasteiger partial charge in [-0.1, -0.05) is 6.92 Å². The molecule has 7 nitrogen and oxygen atoms in total. The van der Waals surface area contributed by atoms with Crippen molar-refractivity contribution in [3.8, 4) is 0 Å². The van der Waals surface area contributed by atoms with Crippen LogP contribution in [0.4, 0.5) is 11.5 Å². The van der Waals surface area contributed by atoms with Crippen molar-refractivity contribution in [2.75, 3.05) is 25.0 Å². The van der Waals surface area contributed by atoms with E-state index in [2.05, 4.69) is 22.7 Å². The van der Waals surface area contributed by atoms with Gasteiger partial charge in [-0.3, -0.25) is 14.8 Å². The van der Waals surface area contributed by atoms with Crippen LogP contribution in [-0.4, -0.2) is 34.3 Å². The molecule has 1 aromatic heterocycles. The fourth-order valence-electron chi connectivity index (χ4n) is 2.24. The third-order valence-electron chi connectivity index (χ3n) is 3.50. The summed E-state index contributed by atoms with van der Waals surface area (Å²) in [6, 6.07) is 0. The number of aryl methyl sites for hydroxylation is 1. The Labute approximate surface area is 106 Å². The average Bonchev–Trinajstić information content (AvgIpc) is 2.69. The van der Waals surface area contributed by atoms with Gasteiger partial charge in [-0.05, 0) is 31.3 Å². The van der Waals surface area contributed by atoms with Crippen LogP contribution in [-0.2, 0) is 7.05 Å². The van der Waals surface area contributed by atoms with Gasteiger partial charge in [0.25, 0.3) is 0 Å². The molecule has 2 rings (SSSR count). The monoisotopic (exact) mass is 253 g/mol. The van der Waals surface area contributed by atoms with Gasteiger partial charge in [0, 0.05) is 13.6 Å². The van der Waals surface area contributed by atoms with Gasteiger partial charge in [0.15, 0.2) is 0 Å². The lowest BCUT2D eigenvalue weighted by Gasteiger charge is -2.34. The SMILES string of the molecule is Cn1cc([N+](=O)[O-])c(NCC2(C)CCNCC2)n1. The average molecular weight is 253 g/mol. The summed E-state index contributed by atoms with van der Waals surface area (Å²) in [4.78, 5) is 10.5. The highest BCUT2D eigenvalue weighted by Gasteiger charge is 2.28. The first-order valence-electron chi connectivity index (χ1n) is 6.13. The van der Waals surface area contributed by atoms with Crippen molar-refractivity contribution in [1.29, 1.82) is 0 Å². The zero-order valence-electron chi connectivity index (χ0n) is 10.8. The van der Waals surface area contributed by atoms with Crippen molar-refractivity contribution in [2.45, 2.75) is 19.8 Å². The van der Waals surface area contributed by atoms with Crippen LogP contribution < -0.4 is 10.6 Å². The van der Waals surface area contributed by atoms with E-state index in [1.54, 1.807) is 7.05 Å². The maximum Gasteiger partial charge on any atom is 0.330 e. The fourth-order valence-corrected chi connectivity index (χ4v) is 2.24. The number of hydrogen-bond donors (Lipinski definition) is 2. The minimum Gasteiger partial charge on any atom is -0.362 e. The van der Waals surface area contributed by atoms with Crippen LogP contribution in [0.2, 0.25) is 0 Å². The molecule has 0 atom stereocenters. The molecule has 0 spiro atoms. The summed E-state index contributed by atoms with van der Waals surface area (Å²) < 4.78 is 1.46. The van der Waals surface area contributed by atoms with Crippen molar-refractivity contribution >= 4 is 11.5 Å². The van der Waals surface area contributed by atoms with Crippen molar-refractivity contribution in [1.82, 2.24) is 15.1 Å². The molecular formula is C11H19N5O2. The van der Waals surface area contributed by atoms with Crippen LogP contribution in [0, 0.1) is 15.5 Å². The Kier molecular flexibility index (Phi) is 3.51. The van der Waals surface area contributed by atoms with Crippen LogP contribution in [0.25, 0.3) is 0 Å². The van der Waals surface area contributed by atoms with Gasteiger partial charge in [-0.15, -0.1) is 5.10 Å². The minimum absolute atomic E-state index is 0.0371. The Morgan fingerprint density at radius 3 is 2.89 bits per heavy atom. The van der Waals surface area contributed by atoms with E-state index in [1.165, 1.54) is 10.9 Å². The third kappa shape index (κ3) is 2.79. The second-order valence-corrected chi connectivity index (χ2v) is 5.21. The smallest absolute Gasteiger partial charge is 0.330 e. The molecule has 0 aromatic carbocycles. The molecule has 0 radical (unpaired) electrons. The Morgan fingerprint density at radius 1 is 1.61 bits per heavy atom. The largest absolute Gasteiger partial charge is 0.362 e. The summed E-state index contributed by atoms with van der Waals surface area (Å²) in [6.45, 7) is 4.92. The zero-order valence-corrected chi connectivity index (χ0v) is 10.8. The van der Waals surface area contributed by atoms with E-state index in [4.69, 9.17) is 0 Å². The van der Waals surface area contributed by atoms with Crippen molar-refractivity contribution in [3.63, 3.8) is 0 Å². The molecular weight excluding hydrogens is 234 g/mol. The highest BCUT2D eigenvalue weighted by atomic mass is 16.6. The second-order valence-electron chi connectivity index (χ2n) is 5.21. The summed E-state index contributed by atoms with van der Waals surface area (Å²) in [5.74, 6) is 0.363. The van der Waals surface area contributed by atoms with Gasteiger partial charge in [0.1, 0.15) is 6.20 Å². The van der Waals surface area contributed by atoms with Gasteiger partial charge in [0.2, 0.25) is 5.82 Å². The standard InChI is InChI=1S/C11H19N5O2/c1-11(3-5-12-6-4-11)8-13-10-9(16(17)18)7-15(2)14-10/h7,12H,3-6,8H2,1-2H3,(H,13,14). The van der Waals surface area contributed by atoms with E-state index in [0.29, 0.717) is 12.4 Å². The van der Waals surface area contributed by atoms with Crippen LogP contribution in [0.15, 0.2) is 6.20 Å². The molecule has 1 aliphatic heterocycles. The lowest BCUT2D eigenvalue weighted by Crippen LogP contribution is -2.39. The summed E-state index contributed by atoms with van der Waals surface area (Å²) >= 11 is 0. The third-order valence-corrected chi connectivity index (χ3v) is 3.50. The molecule has 0 amide bonds. The topological polar surface area (TPSA) is 85.0 Å². The molecule has 0 unspecified atom stereocenters. The zero-order chi connectivity index (χ0) is 13.2. The van der Waals surface area contributed by atoms with Gasteiger partial charge in [-0.25, -0.2) is 0 Å². The first kappa shape index (κ1) is 12.8. The number of nitrogens with one attached hydrogen (secondary N) is 2. The summed E-state index contributed by atoms with van der Waals surface area (Å²) in [5, 5.41) is 21.4. The predicted octanol–water partition coefficient (Wildman–Crippen LogP) is 1.13. The number of nitrogens with zero attached hydrogens (tertiary/aromatic N) is 3. The van der Waals surface area contributed by atoms with Crippen LogP contribution in [0.1, 0.15) is 19.8 Å². The molecule has 2 N–H and O–H groups in total. The second kappa shape index (κ2) is 4.93. The summed E-state index contributed by atoms with van der Waals surface area (Å²) in [6.07, 6.45) is 3.56. The highest BCUT2D eigenvalue weighted by molar-refractivity contribution is 5.54. The van der Waals surface area contributed by atoms with Gasteiger partial charge in [-0.2, -0.15) is 0 Å². The molecule has 1 fully saturated rings. The molecule has 1 aliphatic rings. The van der Waals surface area contributed by atoms with E-state index in [-0.39, 0.29) is 11.1 Å². The lowest BCUT2D eigenvalue weighted by molar-refractivity contribution is -0.384. The number of aromatic nitrogens is 2. The number of hydrogen-bond acceptors (Lipinski definition) is 5.